The lowest BCUT2D eigenvalue weighted by molar-refractivity contribution is -0.137. The second kappa shape index (κ2) is 8.18. The van der Waals surface area contributed by atoms with Gasteiger partial charge < -0.3 is 5.11 Å². The van der Waals surface area contributed by atoms with E-state index < -0.39 is 5.97 Å². The van der Waals surface area contributed by atoms with Gasteiger partial charge in [0, 0.05) is 19.0 Å². The Labute approximate surface area is 128 Å². The Kier molecular flexibility index (Phi) is 6.24. The van der Waals surface area contributed by atoms with Gasteiger partial charge in [-0.25, -0.2) is 0 Å². The molecule has 0 aromatic heterocycles. The summed E-state index contributed by atoms with van der Waals surface area (Å²) >= 11 is 0. The zero-order chi connectivity index (χ0) is 15.1. The third kappa shape index (κ3) is 5.16. The molecule has 1 aliphatic rings. The maximum Gasteiger partial charge on any atom is 0.303 e. The van der Waals surface area contributed by atoms with Gasteiger partial charge in [0.1, 0.15) is 0 Å². The van der Waals surface area contributed by atoms with Crippen molar-refractivity contribution < 1.29 is 9.90 Å². The van der Waals surface area contributed by atoms with Crippen LogP contribution >= 0.6 is 0 Å². The molecular formula is C18H27NO2. The van der Waals surface area contributed by atoms with Crippen LogP contribution in [0.3, 0.4) is 0 Å². The molecule has 2 rings (SSSR count). The number of carboxylic acid groups (broad SMARTS) is 1. The molecule has 1 heterocycles. The third-order valence-electron chi connectivity index (χ3n) is 4.62. The van der Waals surface area contributed by atoms with E-state index in [4.69, 9.17) is 5.11 Å². The molecule has 1 fully saturated rings. The van der Waals surface area contributed by atoms with Crippen molar-refractivity contribution in [3.63, 3.8) is 0 Å². The lowest BCUT2D eigenvalue weighted by Crippen LogP contribution is -2.43. The number of piperidine rings is 1. The predicted molar refractivity (Wildman–Crippen MR) is 85.4 cm³/mol. The molecule has 0 amide bonds. The minimum Gasteiger partial charge on any atom is -0.481 e. The molecule has 2 atom stereocenters. The van der Waals surface area contributed by atoms with Gasteiger partial charge in [-0.05, 0) is 50.1 Å². The van der Waals surface area contributed by atoms with Crippen molar-refractivity contribution in [2.75, 3.05) is 13.1 Å². The van der Waals surface area contributed by atoms with Gasteiger partial charge in [0.15, 0.2) is 0 Å². The SMILES string of the molecule is CCC(Cc1ccccc1)N1CCCC(CCC(=O)O)C1. The van der Waals surface area contributed by atoms with Crippen molar-refractivity contribution in [2.24, 2.45) is 5.92 Å². The van der Waals surface area contributed by atoms with E-state index in [-0.39, 0.29) is 0 Å². The van der Waals surface area contributed by atoms with E-state index in [1.165, 1.54) is 18.4 Å². The molecule has 1 N–H and O–H groups in total. The van der Waals surface area contributed by atoms with Crippen LogP contribution in [0.2, 0.25) is 0 Å². The Balaban J connectivity index is 1.89. The number of hydrogen-bond donors (Lipinski definition) is 1. The highest BCUT2D eigenvalue weighted by molar-refractivity contribution is 5.66. The summed E-state index contributed by atoms with van der Waals surface area (Å²) in [5.74, 6) is -0.108. The maximum atomic E-state index is 10.7. The average molecular weight is 289 g/mol. The lowest BCUT2D eigenvalue weighted by Gasteiger charge is -2.38. The summed E-state index contributed by atoms with van der Waals surface area (Å²) in [5.41, 5.74) is 1.40. The monoisotopic (exact) mass is 289 g/mol. The summed E-state index contributed by atoms with van der Waals surface area (Å²) in [5, 5.41) is 8.85. The van der Waals surface area contributed by atoms with E-state index >= 15 is 0 Å². The first-order valence-corrected chi connectivity index (χ1v) is 8.18. The van der Waals surface area contributed by atoms with Gasteiger partial charge in [-0.1, -0.05) is 37.3 Å². The fourth-order valence-corrected chi connectivity index (χ4v) is 3.41. The number of aliphatic carboxylic acids is 1. The number of rotatable bonds is 7. The zero-order valence-electron chi connectivity index (χ0n) is 13.0. The van der Waals surface area contributed by atoms with Crippen LogP contribution in [-0.4, -0.2) is 35.1 Å². The minimum atomic E-state index is -0.663. The first-order chi connectivity index (χ1) is 10.2. The molecule has 1 aromatic rings. The summed E-state index contributed by atoms with van der Waals surface area (Å²) in [6.07, 6.45) is 5.78. The van der Waals surface area contributed by atoms with E-state index in [1.807, 2.05) is 0 Å². The zero-order valence-corrected chi connectivity index (χ0v) is 13.0. The van der Waals surface area contributed by atoms with Crippen molar-refractivity contribution in [1.29, 1.82) is 0 Å². The van der Waals surface area contributed by atoms with Crippen molar-refractivity contribution in [3.8, 4) is 0 Å². The highest BCUT2D eigenvalue weighted by atomic mass is 16.4. The molecule has 1 aromatic carbocycles. The molecule has 0 saturated carbocycles. The molecule has 1 aliphatic heterocycles. The van der Waals surface area contributed by atoms with Gasteiger partial charge in [-0.3, -0.25) is 9.69 Å². The first-order valence-electron chi connectivity index (χ1n) is 8.18. The highest BCUT2D eigenvalue weighted by Gasteiger charge is 2.25. The van der Waals surface area contributed by atoms with E-state index in [2.05, 4.69) is 42.2 Å². The smallest absolute Gasteiger partial charge is 0.303 e. The Morgan fingerprint density at radius 3 is 2.81 bits per heavy atom. The highest BCUT2D eigenvalue weighted by Crippen LogP contribution is 2.24. The van der Waals surface area contributed by atoms with Crippen molar-refractivity contribution >= 4 is 5.97 Å². The normalized spacial score (nSPS) is 21.1. The number of nitrogens with zero attached hydrogens (tertiary/aromatic N) is 1. The van der Waals surface area contributed by atoms with Crippen LogP contribution in [0.15, 0.2) is 30.3 Å². The number of carboxylic acids is 1. The Hall–Kier alpha value is -1.35. The molecule has 3 heteroatoms. The molecule has 0 spiro atoms. The van der Waals surface area contributed by atoms with Crippen LogP contribution in [0.1, 0.15) is 44.6 Å². The number of likely N-dealkylation sites (tertiary alicyclic amines) is 1. The van der Waals surface area contributed by atoms with Crippen LogP contribution in [0, 0.1) is 5.92 Å². The fourth-order valence-electron chi connectivity index (χ4n) is 3.41. The summed E-state index contributed by atoms with van der Waals surface area (Å²) < 4.78 is 0. The van der Waals surface area contributed by atoms with E-state index in [0.717, 1.165) is 32.4 Å². The van der Waals surface area contributed by atoms with Gasteiger partial charge in [-0.2, -0.15) is 0 Å². The molecule has 1 saturated heterocycles. The molecule has 3 nitrogen and oxygen atoms in total. The molecule has 0 radical (unpaired) electrons. The van der Waals surface area contributed by atoms with Crippen molar-refractivity contribution in [1.82, 2.24) is 4.90 Å². The molecule has 2 unspecified atom stereocenters. The Morgan fingerprint density at radius 1 is 1.38 bits per heavy atom. The second-order valence-corrected chi connectivity index (χ2v) is 6.19. The number of benzene rings is 1. The van der Waals surface area contributed by atoms with Crippen molar-refractivity contribution in [3.05, 3.63) is 35.9 Å². The predicted octanol–water partition coefficient (Wildman–Crippen LogP) is 3.58. The molecule has 0 bridgehead atoms. The Bertz CT molecular complexity index is 432. The number of carbonyl (C=O) groups is 1. The van der Waals surface area contributed by atoms with Crippen molar-refractivity contribution in [2.45, 2.75) is 51.5 Å². The van der Waals surface area contributed by atoms with E-state index in [1.54, 1.807) is 0 Å². The maximum absolute atomic E-state index is 10.7. The van der Waals surface area contributed by atoms with Crippen LogP contribution in [0.25, 0.3) is 0 Å². The van der Waals surface area contributed by atoms with E-state index in [0.29, 0.717) is 18.4 Å². The molecule has 116 valence electrons. The Morgan fingerprint density at radius 2 is 2.14 bits per heavy atom. The topological polar surface area (TPSA) is 40.5 Å². The minimum absolute atomic E-state index is 0.313. The van der Waals surface area contributed by atoms with Gasteiger partial charge in [0.05, 0.1) is 0 Å². The van der Waals surface area contributed by atoms with Crippen LogP contribution in [-0.2, 0) is 11.2 Å². The van der Waals surface area contributed by atoms with Gasteiger partial charge in [-0.15, -0.1) is 0 Å². The summed E-state index contributed by atoms with van der Waals surface area (Å²) in [6, 6.07) is 11.3. The van der Waals surface area contributed by atoms with Crippen LogP contribution < -0.4 is 0 Å². The van der Waals surface area contributed by atoms with Crippen LogP contribution in [0.5, 0.6) is 0 Å². The summed E-state index contributed by atoms with van der Waals surface area (Å²) in [7, 11) is 0. The van der Waals surface area contributed by atoms with Gasteiger partial charge in [0.2, 0.25) is 0 Å². The largest absolute Gasteiger partial charge is 0.481 e. The van der Waals surface area contributed by atoms with Gasteiger partial charge >= 0.3 is 5.97 Å². The summed E-state index contributed by atoms with van der Waals surface area (Å²) in [4.78, 5) is 13.3. The fraction of sp³-hybridized carbons (Fsp3) is 0.611. The van der Waals surface area contributed by atoms with Gasteiger partial charge in [0.25, 0.3) is 0 Å². The molecule has 0 aliphatic carbocycles. The number of hydrogen-bond acceptors (Lipinski definition) is 2. The lowest BCUT2D eigenvalue weighted by atomic mass is 9.91. The second-order valence-electron chi connectivity index (χ2n) is 6.19. The average Bonchev–Trinajstić information content (AvgIpc) is 2.52. The summed E-state index contributed by atoms with van der Waals surface area (Å²) in [6.45, 7) is 4.49. The van der Waals surface area contributed by atoms with E-state index in [9.17, 15) is 4.79 Å². The third-order valence-corrected chi connectivity index (χ3v) is 4.62. The molecular weight excluding hydrogens is 262 g/mol. The first kappa shape index (κ1) is 16.0. The van der Waals surface area contributed by atoms with Crippen LogP contribution in [0.4, 0.5) is 0 Å². The quantitative estimate of drug-likeness (QED) is 0.834. The standard InChI is InChI=1S/C18H27NO2/c1-2-17(13-15-7-4-3-5-8-15)19-12-6-9-16(14-19)10-11-18(20)21/h3-5,7-8,16-17H,2,6,9-14H2,1H3,(H,20,21). The molecule has 21 heavy (non-hydrogen) atoms.